The molecule has 0 saturated carbocycles. The van der Waals surface area contributed by atoms with Crippen LogP contribution in [0.2, 0.25) is 0 Å². The van der Waals surface area contributed by atoms with Gasteiger partial charge in [0.1, 0.15) is 29.1 Å². The summed E-state index contributed by atoms with van der Waals surface area (Å²) in [6.07, 6.45) is -3.01. The van der Waals surface area contributed by atoms with Crippen LogP contribution in [0.3, 0.4) is 0 Å². The maximum absolute atomic E-state index is 13.9. The number of furan rings is 1. The number of thiazole rings is 1. The molecule has 0 spiro atoms. The molecule has 4 aromatic rings. The average molecular weight is 599 g/mol. The first kappa shape index (κ1) is 28.9. The van der Waals surface area contributed by atoms with E-state index in [2.05, 4.69) is 4.99 Å². The maximum atomic E-state index is 13.9. The number of allylic oxidation sites excluding steroid dienone is 1. The number of carbonyl (C=O) groups is 1. The predicted octanol–water partition coefficient (Wildman–Crippen LogP) is 5.09. The quantitative estimate of drug-likeness (QED) is 0.275. The van der Waals surface area contributed by atoms with Gasteiger partial charge in [-0.3, -0.25) is 9.36 Å². The molecule has 1 aliphatic heterocycles. The molecule has 0 fully saturated rings. The number of halogens is 3. The molecule has 0 bridgehead atoms. The highest BCUT2D eigenvalue weighted by Crippen LogP contribution is 2.38. The summed E-state index contributed by atoms with van der Waals surface area (Å²) in [6, 6.07) is 12.0. The largest absolute Gasteiger partial charge is 0.497 e. The molecular weight excluding hydrogens is 573 g/mol. The Morgan fingerprint density at radius 1 is 1.12 bits per heavy atom. The zero-order valence-corrected chi connectivity index (χ0v) is 23.8. The van der Waals surface area contributed by atoms with Crippen LogP contribution in [0.4, 0.5) is 13.2 Å². The summed E-state index contributed by atoms with van der Waals surface area (Å²) in [5, 5.41) is 0. The minimum atomic E-state index is -4.50. The van der Waals surface area contributed by atoms with E-state index in [-0.39, 0.29) is 33.8 Å². The van der Waals surface area contributed by atoms with E-state index in [0.717, 1.165) is 23.5 Å². The van der Waals surface area contributed by atoms with Crippen molar-refractivity contribution in [2.45, 2.75) is 26.1 Å². The Morgan fingerprint density at radius 3 is 2.60 bits per heavy atom. The van der Waals surface area contributed by atoms with E-state index in [1.807, 2.05) is 0 Å². The van der Waals surface area contributed by atoms with Gasteiger partial charge >= 0.3 is 12.1 Å². The number of benzene rings is 2. The Balaban J connectivity index is 1.65. The van der Waals surface area contributed by atoms with Crippen molar-refractivity contribution in [3.63, 3.8) is 0 Å². The molecule has 0 N–H and O–H groups in total. The van der Waals surface area contributed by atoms with Gasteiger partial charge in [0.05, 0.1) is 42.2 Å². The first-order chi connectivity index (χ1) is 20.0. The second kappa shape index (κ2) is 11.4. The molecule has 8 nitrogen and oxygen atoms in total. The van der Waals surface area contributed by atoms with Crippen LogP contribution in [0.15, 0.2) is 80.1 Å². The summed E-state index contributed by atoms with van der Waals surface area (Å²) in [7, 11) is 2.98. The van der Waals surface area contributed by atoms with Gasteiger partial charge in [0, 0.05) is 17.2 Å². The van der Waals surface area contributed by atoms with Crippen LogP contribution < -0.4 is 24.4 Å². The van der Waals surface area contributed by atoms with Crippen molar-refractivity contribution in [1.29, 1.82) is 0 Å². The van der Waals surface area contributed by atoms with Gasteiger partial charge < -0.3 is 18.6 Å². The molecule has 0 saturated heterocycles. The molecule has 2 aromatic heterocycles. The van der Waals surface area contributed by atoms with Gasteiger partial charge in [-0.25, -0.2) is 9.79 Å². The molecule has 42 heavy (non-hydrogen) atoms. The number of carbonyl (C=O) groups excluding carboxylic acids is 1. The number of aromatic nitrogens is 1. The molecule has 0 radical (unpaired) electrons. The fourth-order valence-electron chi connectivity index (χ4n) is 4.70. The monoisotopic (exact) mass is 598 g/mol. The van der Waals surface area contributed by atoms with E-state index < -0.39 is 29.3 Å². The molecule has 218 valence electrons. The number of hydrogen-bond acceptors (Lipinski definition) is 8. The zero-order chi connectivity index (χ0) is 30.2. The third-order valence-corrected chi connectivity index (χ3v) is 7.61. The summed E-state index contributed by atoms with van der Waals surface area (Å²) < 4.78 is 63.3. The lowest BCUT2D eigenvalue weighted by atomic mass is 9.95. The third kappa shape index (κ3) is 5.37. The molecule has 1 unspecified atom stereocenters. The Bertz CT molecular complexity index is 1880. The molecule has 5 rings (SSSR count). The molecule has 1 atom stereocenters. The molecule has 0 amide bonds. The maximum Gasteiger partial charge on any atom is 0.416 e. The highest BCUT2D eigenvalue weighted by Gasteiger charge is 2.35. The second-order valence-electron chi connectivity index (χ2n) is 9.19. The molecule has 0 aliphatic carbocycles. The number of alkyl halides is 3. The van der Waals surface area contributed by atoms with E-state index in [1.165, 1.54) is 43.1 Å². The van der Waals surface area contributed by atoms with Crippen molar-refractivity contribution in [3.8, 4) is 22.8 Å². The van der Waals surface area contributed by atoms with Crippen molar-refractivity contribution < 1.29 is 36.6 Å². The van der Waals surface area contributed by atoms with Gasteiger partial charge in [0.2, 0.25) is 0 Å². The fourth-order valence-corrected chi connectivity index (χ4v) is 5.73. The summed E-state index contributed by atoms with van der Waals surface area (Å²) in [4.78, 5) is 31.9. The van der Waals surface area contributed by atoms with E-state index in [9.17, 15) is 22.8 Å². The minimum Gasteiger partial charge on any atom is -0.497 e. The molecule has 12 heteroatoms. The Kier molecular flexibility index (Phi) is 7.83. The minimum absolute atomic E-state index is 0.120. The number of methoxy groups -OCH3 is 2. The Labute approximate surface area is 241 Å². The van der Waals surface area contributed by atoms with Crippen LogP contribution in [0, 0.1) is 0 Å². The topological polar surface area (TPSA) is 92.3 Å². The van der Waals surface area contributed by atoms with Crippen molar-refractivity contribution in [3.05, 3.63) is 102 Å². The second-order valence-corrected chi connectivity index (χ2v) is 10.2. The number of esters is 1. The third-order valence-electron chi connectivity index (χ3n) is 6.62. The van der Waals surface area contributed by atoms with Crippen LogP contribution >= 0.6 is 11.3 Å². The van der Waals surface area contributed by atoms with E-state index in [1.54, 1.807) is 38.1 Å². The Hall–Kier alpha value is -4.58. The number of fused-ring (bicyclic) bond motifs is 1. The summed E-state index contributed by atoms with van der Waals surface area (Å²) >= 11 is 1.08. The summed E-state index contributed by atoms with van der Waals surface area (Å²) in [5.74, 6) is 0.746. The van der Waals surface area contributed by atoms with Crippen LogP contribution in [0.1, 0.15) is 36.8 Å². The van der Waals surface area contributed by atoms with Gasteiger partial charge in [-0.1, -0.05) is 23.5 Å². The van der Waals surface area contributed by atoms with Gasteiger partial charge in [0.25, 0.3) is 5.56 Å². The highest BCUT2D eigenvalue weighted by molar-refractivity contribution is 7.07. The van der Waals surface area contributed by atoms with Gasteiger partial charge in [-0.2, -0.15) is 13.2 Å². The lowest BCUT2D eigenvalue weighted by Crippen LogP contribution is -2.40. The fraction of sp³-hybridized carbons (Fsp3) is 0.233. The van der Waals surface area contributed by atoms with Gasteiger partial charge in [0.15, 0.2) is 4.80 Å². The zero-order valence-electron chi connectivity index (χ0n) is 22.9. The molecule has 3 heterocycles. The molecular formula is C30H25F3N2O6S. The van der Waals surface area contributed by atoms with Crippen LogP contribution in [0.5, 0.6) is 11.5 Å². The number of hydrogen-bond donors (Lipinski definition) is 0. The van der Waals surface area contributed by atoms with E-state index in [4.69, 9.17) is 18.6 Å². The smallest absolute Gasteiger partial charge is 0.416 e. The van der Waals surface area contributed by atoms with Crippen molar-refractivity contribution >= 4 is 23.4 Å². The van der Waals surface area contributed by atoms with Crippen LogP contribution in [-0.2, 0) is 15.7 Å². The van der Waals surface area contributed by atoms with E-state index >= 15 is 0 Å². The van der Waals surface area contributed by atoms with Crippen LogP contribution in [-0.4, -0.2) is 31.4 Å². The lowest BCUT2D eigenvalue weighted by molar-refractivity contribution is -0.139. The first-order valence-electron chi connectivity index (χ1n) is 12.7. The molecule has 1 aliphatic rings. The van der Waals surface area contributed by atoms with Crippen molar-refractivity contribution in [2.24, 2.45) is 4.99 Å². The van der Waals surface area contributed by atoms with Crippen molar-refractivity contribution in [1.82, 2.24) is 4.57 Å². The average Bonchev–Trinajstić information content (AvgIpc) is 3.55. The highest BCUT2D eigenvalue weighted by atomic mass is 32.1. The van der Waals surface area contributed by atoms with Crippen LogP contribution in [0.25, 0.3) is 17.4 Å². The van der Waals surface area contributed by atoms with Gasteiger partial charge in [-0.05, 0) is 56.3 Å². The number of ether oxygens (including phenoxy) is 3. The normalized spacial score (nSPS) is 15.3. The molecule has 2 aromatic carbocycles. The van der Waals surface area contributed by atoms with Crippen molar-refractivity contribution in [2.75, 3.05) is 20.8 Å². The standard InChI is InChI=1S/C30H25F3N2O6S/c1-5-40-28(37)25-16(2)34-29-35(26(25)21-14-19(38-3)9-12-23(21)39-4)27(36)24(42-29)15-20-10-11-22(41-20)17-7-6-8-18(13-17)30(31,32)33/h6-15,26H,5H2,1-4H3/b24-15-. The van der Waals surface area contributed by atoms with Gasteiger partial charge in [-0.15, -0.1) is 0 Å². The summed E-state index contributed by atoms with van der Waals surface area (Å²) in [5.41, 5.74) is 0.0255. The number of rotatable bonds is 7. The Morgan fingerprint density at radius 2 is 1.90 bits per heavy atom. The lowest BCUT2D eigenvalue weighted by Gasteiger charge is -2.26. The summed E-state index contributed by atoms with van der Waals surface area (Å²) in [6.45, 7) is 3.46. The number of nitrogens with zero attached hydrogens (tertiary/aromatic N) is 2. The SMILES string of the molecule is CCOC(=O)C1=C(C)N=c2s/c(=C\c3ccc(-c4cccc(C(F)(F)F)c4)o3)c(=O)n2C1c1cc(OC)ccc1OC. The predicted molar refractivity (Wildman–Crippen MR) is 149 cm³/mol. The first-order valence-corrected chi connectivity index (χ1v) is 13.6. The van der Waals surface area contributed by atoms with E-state index in [0.29, 0.717) is 27.6 Å².